The number of aliphatic hydroxyl groups is 1. The van der Waals surface area contributed by atoms with Crippen LogP contribution in [-0.2, 0) is 6.42 Å². The highest BCUT2D eigenvalue weighted by Gasteiger charge is 2.41. The van der Waals surface area contributed by atoms with Crippen LogP contribution in [0.4, 0.5) is 0 Å². The first-order chi connectivity index (χ1) is 22.1. The summed E-state index contributed by atoms with van der Waals surface area (Å²) in [5, 5.41) is 10.7. The number of benzene rings is 2. The molecule has 4 aromatic rings. The van der Waals surface area contributed by atoms with Crippen LogP contribution >= 0.6 is 0 Å². The zero-order valence-corrected chi connectivity index (χ0v) is 26.9. The van der Waals surface area contributed by atoms with E-state index in [0.29, 0.717) is 46.4 Å². The minimum atomic E-state index is -0.739. The van der Waals surface area contributed by atoms with Gasteiger partial charge in [-0.05, 0) is 89.0 Å². The summed E-state index contributed by atoms with van der Waals surface area (Å²) < 4.78 is 5.85. The van der Waals surface area contributed by atoms with E-state index in [4.69, 9.17) is 4.74 Å². The number of fused-ring (bicyclic) bond motifs is 2. The number of hydrogen-bond donors (Lipinski definition) is 3. The number of pyridine rings is 1. The van der Waals surface area contributed by atoms with Crippen molar-refractivity contribution in [3.63, 3.8) is 0 Å². The lowest BCUT2D eigenvalue weighted by Crippen LogP contribution is -2.48. The van der Waals surface area contributed by atoms with Gasteiger partial charge in [-0.3, -0.25) is 19.3 Å². The van der Waals surface area contributed by atoms with Crippen LogP contribution in [0.1, 0.15) is 56.7 Å². The lowest BCUT2D eigenvalue weighted by Gasteiger charge is -2.36. The molecule has 0 unspecified atom stereocenters. The van der Waals surface area contributed by atoms with Crippen molar-refractivity contribution in [1.29, 1.82) is 0 Å². The summed E-state index contributed by atoms with van der Waals surface area (Å²) in [6.45, 7) is 7.76. The Labute approximate surface area is 268 Å². The molecule has 1 fully saturated rings. The summed E-state index contributed by atoms with van der Waals surface area (Å²) in [7, 11) is 4.11. The Hall–Kier alpha value is -4.32. The topological polar surface area (TPSA) is 135 Å². The number of imide groups is 1. The molecule has 2 aliphatic rings. The smallest absolute Gasteiger partial charge is 0.261 e. The number of imidazole rings is 1. The molecular formula is C35H42N6O5. The van der Waals surface area contributed by atoms with Gasteiger partial charge in [-0.15, -0.1) is 0 Å². The van der Waals surface area contributed by atoms with E-state index in [9.17, 15) is 19.5 Å². The summed E-state index contributed by atoms with van der Waals surface area (Å²) in [4.78, 5) is 56.7. The number of H-pyrrole nitrogens is 2. The van der Waals surface area contributed by atoms with Gasteiger partial charge in [0.2, 0.25) is 0 Å². The number of rotatable bonds is 11. The highest BCUT2D eigenvalue weighted by Crippen LogP contribution is 2.32. The van der Waals surface area contributed by atoms with E-state index >= 15 is 0 Å². The highest BCUT2D eigenvalue weighted by atomic mass is 16.5. The fraction of sp³-hybridized carbons (Fsp3) is 0.429. The second-order valence-electron chi connectivity index (χ2n) is 12.8. The number of likely N-dealkylation sites (N-methyl/N-ethyl adjacent to an activating group) is 1. The van der Waals surface area contributed by atoms with Gasteiger partial charge in [-0.2, -0.15) is 0 Å². The number of ether oxygens (including phenoxy) is 1. The van der Waals surface area contributed by atoms with Crippen LogP contribution in [-0.4, -0.2) is 106 Å². The third-order valence-electron chi connectivity index (χ3n) is 9.10. The van der Waals surface area contributed by atoms with E-state index in [1.807, 2.05) is 32.0 Å². The van der Waals surface area contributed by atoms with Crippen LogP contribution in [0.5, 0.6) is 5.75 Å². The second kappa shape index (κ2) is 13.2. The highest BCUT2D eigenvalue weighted by molar-refractivity contribution is 6.23. The standard InChI is InChI=1S/C35H42N6O5/c1-21-5-8-30(22(2)17-21)46-20-25(42)7-6-23-9-12-36-33(43)31(23)32-37-28-18-26-27(19-29(28)38-32)35(45)41(34(26)44)24-10-13-40(14-11-24)16-15-39(3)4/h5,8-9,12,17-19,24-25,42H,6-7,10-11,13-16,20H2,1-4H3,(H,36,43)(H,37,38)/t25-/m1/s1. The van der Waals surface area contributed by atoms with Crippen molar-refractivity contribution in [2.45, 2.75) is 51.7 Å². The molecule has 0 spiro atoms. The summed E-state index contributed by atoms with van der Waals surface area (Å²) >= 11 is 0. The van der Waals surface area contributed by atoms with Crippen LogP contribution in [0.15, 0.2) is 47.4 Å². The number of carbonyl (C=O) groups excluding carboxylic acids is 2. The number of aryl methyl sites for hydroxylation is 3. The molecule has 11 nitrogen and oxygen atoms in total. The molecule has 0 bridgehead atoms. The van der Waals surface area contributed by atoms with Gasteiger partial charge in [0, 0.05) is 38.4 Å². The van der Waals surface area contributed by atoms with Crippen LogP contribution in [0.2, 0.25) is 0 Å². The SMILES string of the molecule is Cc1ccc(OC[C@H](O)CCc2cc[nH]c(=O)c2-c2nc3cc4c(cc3[nH]2)C(=O)N(C2CCN(CCN(C)C)CC2)C4=O)c(C)c1. The molecule has 1 saturated heterocycles. The van der Waals surface area contributed by atoms with E-state index in [1.165, 1.54) is 4.90 Å². The Balaban J connectivity index is 1.15. The molecule has 2 amide bonds. The minimum Gasteiger partial charge on any atom is -0.491 e. The normalized spacial score (nSPS) is 16.5. The molecular weight excluding hydrogens is 584 g/mol. The molecule has 0 saturated carbocycles. The fourth-order valence-corrected chi connectivity index (χ4v) is 6.50. The van der Waals surface area contributed by atoms with Crippen LogP contribution in [0.25, 0.3) is 22.4 Å². The fourth-order valence-electron chi connectivity index (χ4n) is 6.50. The number of nitrogens with zero attached hydrogens (tertiary/aromatic N) is 4. The molecule has 242 valence electrons. The summed E-state index contributed by atoms with van der Waals surface area (Å²) in [6.07, 6.45) is 3.15. The van der Waals surface area contributed by atoms with E-state index in [0.717, 1.165) is 61.5 Å². The number of carbonyl (C=O) groups is 2. The van der Waals surface area contributed by atoms with Crippen molar-refractivity contribution in [2.24, 2.45) is 0 Å². The van der Waals surface area contributed by atoms with E-state index in [2.05, 4.69) is 38.8 Å². The number of hydrogen-bond acceptors (Lipinski definition) is 8. The van der Waals surface area contributed by atoms with Crippen LogP contribution in [0, 0.1) is 13.8 Å². The third-order valence-corrected chi connectivity index (χ3v) is 9.10. The van der Waals surface area contributed by atoms with Gasteiger partial charge in [-0.1, -0.05) is 17.7 Å². The number of amides is 2. The van der Waals surface area contributed by atoms with Gasteiger partial charge in [0.15, 0.2) is 0 Å². The summed E-state index contributed by atoms with van der Waals surface area (Å²) in [6, 6.07) is 10.9. The molecule has 46 heavy (non-hydrogen) atoms. The third kappa shape index (κ3) is 6.48. The van der Waals surface area contributed by atoms with Gasteiger partial charge < -0.3 is 29.6 Å². The molecule has 0 aliphatic carbocycles. The lowest BCUT2D eigenvalue weighted by atomic mass is 10.0. The first-order valence-electron chi connectivity index (χ1n) is 16.0. The van der Waals surface area contributed by atoms with Crippen molar-refractivity contribution in [1.82, 2.24) is 29.7 Å². The molecule has 0 radical (unpaired) electrons. The molecule has 3 N–H and O–H groups in total. The molecule has 11 heteroatoms. The number of aromatic amines is 2. The Kier molecular flexibility index (Phi) is 9.08. The van der Waals surface area contributed by atoms with Crippen molar-refractivity contribution in [3.8, 4) is 17.1 Å². The largest absolute Gasteiger partial charge is 0.491 e. The lowest BCUT2D eigenvalue weighted by molar-refractivity contribution is 0.0499. The minimum absolute atomic E-state index is 0.128. The van der Waals surface area contributed by atoms with E-state index in [-0.39, 0.29) is 30.0 Å². The molecule has 6 rings (SSSR count). The molecule has 1 atom stereocenters. The van der Waals surface area contributed by atoms with Crippen LogP contribution < -0.4 is 10.3 Å². The molecule has 2 aromatic carbocycles. The first kappa shape index (κ1) is 31.7. The van der Waals surface area contributed by atoms with Crippen molar-refractivity contribution < 1.29 is 19.4 Å². The summed E-state index contributed by atoms with van der Waals surface area (Å²) in [5.74, 6) is 0.517. The Bertz CT molecular complexity index is 1770. The summed E-state index contributed by atoms with van der Waals surface area (Å²) in [5.41, 5.74) is 4.70. The van der Waals surface area contributed by atoms with E-state index in [1.54, 1.807) is 24.4 Å². The average Bonchev–Trinajstić information content (AvgIpc) is 3.54. The van der Waals surface area contributed by atoms with Gasteiger partial charge in [0.25, 0.3) is 17.4 Å². The first-order valence-corrected chi connectivity index (χ1v) is 16.0. The number of piperidine rings is 1. The molecule has 2 aromatic heterocycles. The van der Waals surface area contributed by atoms with Crippen molar-refractivity contribution in [3.05, 3.63) is 80.8 Å². The number of likely N-dealkylation sites (tertiary alicyclic amines) is 1. The van der Waals surface area contributed by atoms with Gasteiger partial charge in [0.05, 0.1) is 33.8 Å². The van der Waals surface area contributed by atoms with Crippen molar-refractivity contribution in [2.75, 3.05) is 46.9 Å². The number of aliphatic hydroxyl groups excluding tert-OH is 1. The monoisotopic (exact) mass is 626 g/mol. The molecule has 4 heterocycles. The number of nitrogens with one attached hydrogen (secondary N) is 2. The number of aromatic nitrogens is 3. The quantitative estimate of drug-likeness (QED) is 0.215. The van der Waals surface area contributed by atoms with Crippen LogP contribution in [0.3, 0.4) is 0 Å². The predicted octanol–water partition coefficient (Wildman–Crippen LogP) is 3.53. The van der Waals surface area contributed by atoms with E-state index < -0.39 is 6.10 Å². The van der Waals surface area contributed by atoms with Crippen molar-refractivity contribution >= 4 is 22.8 Å². The predicted molar refractivity (Wildman–Crippen MR) is 176 cm³/mol. The maximum Gasteiger partial charge on any atom is 0.261 e. The Morgan fingerprint density at radius 2 is 1.78 bits per heavy atom. The maximum atomic E-state index is 13.5. The second-order valence-corrected chi connectivity index (χ2v) is 12.8. The molecule has 2 aliphatic heterocycles. The van der Waals surface area contributed by atoms with Gasteiger partial charge in [0.1, 0.15) is 18.2 Å². The Morgan fingerprint density at radius 1 is 1.04 bits per heavy atom. The Morgan fingerprint density at radius 3 is 2.50 bits per heavy atom. The zero-order chi connectivity index (χ0) is 32.5. The average molecular weight is 627 g/mol. The van der Waals surface area contributed by atoms with Gasteiger partial charge in [-0.25, -0.2) is 4.98 Å². The zero-order valence-electron chi connectivity index (χ0n) is 26.9. The van der Waals surface area contributed by atoms with Gasteiger partial charge >= 0.3 is 0 Å². The maximum absolute atomic E-state index is 13.5.